The summed E-state index contributed by atoms with van der Waals surface area (Å²) in [4.78, 5) is 11.7. The molecule has 0 saturated carbocycles. The molecule has 0 aromatic carbocycles. The molecule has 0 unspecified atom stereocenters. The van der Waals surface area contributed by atoms with Crippen LogP contribution in [0.3, 0.4) is 0 Å². The van der Waals surface area contributed by atoms with E-state index < -0.39 is 18.4 Å². The SMILES string of the molecule is CCC[CH2][Sn]([CH2]CCC)([CH2]CCC)[C]1=CCC(=O)C1. The molecule has 0 aliphatic heterocycles. The second-order valence-corrected chi connectivity index (χ2v) is 19.7. The first-order chi connectivity index (χ1) is 9.18. The summed E-state index contributed by atoms with van der Waals surface area (Å²) in [5.41, 5.74) is 0. The third-order valence-corrected chi connectivity index (χ3v) is 20.9. The quantitative estimate of drug-likeness (QED) is 0.453. The van der Waals surface area contributed by atoms with Crippen molar-refractivity contribution in [3.63, 3.8) is 0 Å². The van der Waals surface area contributed by atoms with Gasteiger partial charge >= 0.3 is 124 Å². The molecule has 1 aliphatic carbocycles. The van der Waals surface area contributed by atoms with Gasteiger partial charge in [-0.2, -0.15) is 0 Å². The summed E-state index contributed by atoms with van der Waals surface area (Å²) in [5.74, 6) is 0.487. The molecule has 0 fully saturated rings. The maximum absolute atomic E-state index is 11.7. The average Bonchev–Trinajstić information content (AvgIpc) is 2.85. The zero-order chi connectivity index (χ0) is 14.1. The van der Waals surface area contributed by atoms with Gasteiger partial charge in [0, 0.05) is 0 Å². The van der Waals surface area contributed by atoms with E-state index in [4.69, 9.17) is 0 Å². The number of rotatable bonds is 10. The Balaban J connectivity index is 2.84. The van der Waals surface area contributed by atoms with Crippen molar-refractivity contribution in [2.75, 3.05) is 0 Å². The maximum atomic E-state index is 11.7. The van der Waals surface area contributed by atoms with E-state index in [1.54, 1.807) is 3.59 Å². The van der Waals surface area contributed by atoms with Gasteiger partial charge in [-0.3, -0.25) is 0 Å². The molecule has 1 aliphatic rings. The van der Waals surface area contributed by atoms with Crippen molar-refractivity contribution in [3.05, 3.63) is 9.67 Å². The average molecular weight is 371 g/mol. The van der Waals surface area contributed by atoms with Crippen molar-refractivity contribution in [1.29, 1.82) is 0 Å². The van der Waals surface area contributed by atoms with Gasteiger partial charge in [-0.15, -0.1) is 0 Å². The van der Waals surface area contributed by atoms with Crippen LogP contribution < -0.4 is 0 Å². The van der Waals surface area contributed by atoms with E-state index in [0.29, 0.717) is 5.78 Å². The Morgan fingerprint density at radius 1 is 0.947 bits per heavy atom. The van der Waals surface area contributed by atoms with Gasteiger partial charge in [0.25, 0.3) is 0 Å². The third-order valence-electron chi connectivity index (χ3n) is 4.67. The van der Waals surface area contributed by atoms with Gasteiger partial charge in [-0.05, 0) is 0 Å². The predicted octanol–water partition coefficient (Wildman–Crippen LogP) is 5.66. The molecule has 2 heteroatoms. The Morgan fingerprint density at radius 2 is 1.42 bits per heavy atom. The van der Waals surface area contributed by atoms with Crippen molar-refractivity contribution >= 4 is 24.2 Å². The van der Waals surface area contributed by atoms with Crippen LogP contribution in [0.5, 0.6) is 0 Å². The molecule has 0 atom stereocenters. The van der Waals surface area contributed by atoms with E-state index in [1.165, 1.54) is 51.8 Å². The summed E-state index contributed by atoms with van der Waals surface area (Å²) in [7, 11) is 0. The number of Topliss-reactive ketones (excluding diaryl/α,β-unsaturated/α-hetero) is 1. The Labute approximate surface area is 124 Å². The van der Waals surface area contributed by atoms with Crippen molar-refractivity contribution in [1.82, 2.24) is 0 Å². The van der Waals surface area contributed by atoms with Crippen LogP contribution in [0.1, 0.15) is 72.1 Å². The Morgan fingerprint density at radius 3 is 1.74 bits per heavy atom. The number of allylic oxidation sites excluding steroid dienone is 2. The van der Waals surface area contributed by atoms with Crippen molar-refractivity contribution in [2.24, 2.45) is 0 Å². The van der Waals surface area contributed by atoms with Crippen LogP contribution in [-0.2, 0) is 4.79 Å². The Bertz CT molecular complexity index is 285. The van der Waals surface area contributed by atoms with Crippen molar-refractivity contribution in [3.8, 4) is 0 Å². The predicted molar refractivity (Wildman–Crippen MR) is 87.2 cm³/mol. The Hall–Kier alpha value is 0.209. The van der Waals surface area contributed by atoms with Crippen LogP contribution in [0.15, 0.2) is 9.67 Å². The van der Waals surface area contributed by atoms with E-state index in [-0.39, 0.29) is 0 Å². The van der Waals surface area contributed by atoms with Crippen LogP contribution in [-0.4, -0.2) is 24.2 Å². The number of carbonyl (C=O) groups is 1. The molecule has 0 amide bonds. The minimum atomic E-state index is -2.19. The summed E-state index contributed by atoms with van der Waals surface area (Å²) in [6.45, 7) is 6.93. The topological polar surface area (TPSA) is 17.1 Å². The molecule has 0 aromatic rings. The molecule has 0 saturated heterocycles. The fourth-order valence-corrected chi connectivity index (χ4v) is 20.3. The normalized spacial score (nSPS) is 15.9. The molecule has 1 nitrogen and oxygen atoms in total. The van der Waals surface area contributed by atoms with Crippen LogP contribution in [0.25, 0.3) is 0 Å². The van der Waals surface area contributed by atoms with E-state index in [0.717, 1.165) is 12.8 Å². The molecular formula is C17H32OSn. The first-order valence-corrected chi connectivity index (χ1v) is 15.9. The standard InChI is InChI=1S/C5H5O.3C4H9.Sn/c6-5-3-1-2-4-5;3*1-3-4-2;/h1H,3-4H2;3*1,3-4H2,2H3;. The molecule has 19 heavy (non-hydrogen) atoms. The van der Waals surface area contributed by atoms with Gasteiger partial charge in [0.1, 0.15) is 0 Å². The van der Waals surface area contributed by atoms with Crippen LogP contribution in [0.4, 0.5) is 0 Å². The summed E-state index contributed by atoms with van der Waals surface area (Å²) >= 11 is -2.19. The molecule has 0 aromatic heterocycles. The summed E-state index contributed by atoms with van der Waals surface area (Å²) in [5, 5.41) is 0. The summed E-state index contributed by atoms with van der Waals surface area (Å²) in [6, 6.07) is 0. The van der Waals surface area contributed by atoms with Gasteiger partial charge in [0.15, 0.2) is 0 Å². The molecule has 0 heterocycles. The second kappa shape index (κ2) is 9.20. The molecule has 0 bridgehead atoms. The third kappa shape index (κ3) is 5.24. The Kier molecular flexibility index (Phi) is 8.36. The summed E-state index contributed by atoms with van der Waals surface area (Å²) in [6.07, 6.45) is 12.1. The molecule has 0 radical (unpaired) electrons. The first kappa shape index (κ1) is 17.3. The molecule has 0 spiro atoms. The van der Waals surface area contributed by atoms with Crippen molar-refractivity contribution < 1.29 is 4.79 Å². The number of hydrogen-bond donors (Lipinski definition) is 0. The van der Waals surface area contributed by atoms with Gasteiger partial charge in [-0.25, -0.2) is 0 Å². The van der Waals surface area contributed by atoms with Crippen LogP contribution in [0, 0.1) is 0 Å². The zero-order valence-electron chi connectivity index (χ0n) is 13.3. The molecule has 1 rings (SSSR count). The van der Waals surface area contributed by atoms with Gasteiger partial charge in [0.2, 0.25) is 0 Å². The fourth-order valence-electron chi connectivity index (χ4n) is 3.40. The van der Waals surface area contributed by atoms with E-state index in [9.17, 15) is 4.79 Å². The van der Waals surface area contributed by atoms with Crippen LogP contribution in [0.2, 0.25) is 13.3 Å². The molecular weight excluding hydrogens is 339 g/mol. The van der Waals surface area contributed by atoms with E-state index in [2.05, 4.69) is 26.8 Å². The summed E-state index contributed by atoms with van der Waals surface area (Å²) < 4.78 is 6.22. The molecule has 110 valence electrons. The van der Waals surface area contributed by atoms with Gasteiger partial charge in [0.05, 0.1) is 0 Å². The second-order valence-electron chi connectivity index (χ2n) is 6.24. The number of hydrogen-bond acceptors (Lipinski definition) is 1. The van der Waals surface area contributed by atoms with E-state index >= 15 is 0 Å². The number of ketones is 1. The number of carbonyl (C=O) groups excluding carboxylic acids is 1. The van der Waals surface area contributed by atoms with Crippen LogP contribution >= 0.6 is 0 Å². The van der Waals surface area contributed by atoms with Gasteiger partial charge in [-0.1, -0.05) is 0 Å². The monoisotopic (exact) mass is 372 g/mol. The zero-order valence-corrected chi connectivity index (χ0v) is 16.1. The first-order valence-electron chi connectivity index (χ1n) is 8.39. The fraction of sp³-hybridized carbons (Fsp3) is 0.824. The molecule has 0 N–H and O–H groups in total. The van der Waals surface area contributed by atoms with Gasteiger partial charge < -0.3 is 0 Å². The number of unbranched alkanes of at least 4 members (excludes halogenated alkanes) is 3. The minimum absolute atomic E-state index is 0.487. The van der Waals surface area contributed by atoms with Crippen molar-refractivity contribution in [2.45, 2.75) is 85.4 Å². The van der Waals surface area contributed by atoms with E-state index in [1.807, 2.05) is 0 Å².